The average molecular weight is 200 g/mol. The maximum Gasteiger partial charge on any atom is 0.0591 e. The van der Waals surface area contributed by atoms with Gasteiger partial charge < -0.3 is 11.5 Å². The molecule has 0 unspecified atom stereocenters. The van der Waals surface area contributed by atoms with Gasteiger partial charge in [0, 0.05) is 15.5 Å². The van der Waals surface area contributed by atoms with Crippen LogP contribution in [0.2, 0.25) is 0 Å². The predicted octanol–water partition coefficient (Wildman–Crippen LogP) is 2.29. The molecule has 0 aromatic heterocycles. The quantitative estimate of drug-likeness (QED) is 0.568. The van der Waals surface area contributed by atoms with Crippen molar-refractivity contribution in [1.29, 1.82) is 0 Å². The van der Waals surface area contributed by atoms with E-state index in [1.54, 1.807) is 23.5 Å². The van der Waals surface area contributed by atoms with Crippen LogP contribution in [-0.2, 0) is 0 Å². The standard InChI is InChI=1S/C8H12N2S2/c1-11-6-3-5(9)4-7(12-2)8(6)10/h3-4H,9-10H2,1-2H3. The molecule has 4 N–H and O–H groups in total. The Hall–Kier alpha value is -0.480. The SMILES string of the molecule is CSc1cc(N)cc(SC)c1N. The normalized spacial score (nSPS) is 10.2. The summed E-state index contributed by atoms with van der Waals surface area (Å²) < 4.78 is 0. The maximum absolute atomic E-state index is 5.88. The lowest BCUT2D eigenvalue weighted by atomic mass is 10.3. The van der Waals surface area contributed by atoms with E-state index in [4.69, 9.17) is 11.5 Å². The van der Waals surface area contributed by atoms with Gasteiger partial charge >= 0.3 is 0 Å². The van der Waals surface area contributed by atoms with Gasteiger partial charge in [-0.15, -0.1) is 23.5 Å². The van der Waals surface area contributed by atoms with Gasteiger partial charge in [-0.3, -0.25) is 0 Å². The van der Waals surface area contributed by atoms with Crippen molar-refractivity contribution in [2.24, 2.45) is 0 Å². The van der Waals surface area contributed by atoms with Crippen molar-refractivity contribution >= 4 is 34.9 Å². The maximum atomic E-state index is 5.88. The van der Waals surface area contributed by atoms with Gasteiger partial charge in [0.15, 0.2) is 0 Å². The topological polar surface area (TPSA) is 52.0 Å². The number of hydrogen-bond acceptors (Lipinski definition) is 4. The molecular weight excluding hydrogens is 188 g/mol. The van der Waals surface area contributed by atoms with Crippen LogP contribution < -0.4 is 11.5 Å². The second-order valence-electron chi connectivity index (χ2n) is 2.34. The Morgan fingerprint density at radius 3 is 1.75 bits per heavy atom. The van der Waals surface area contributed by atoms with Crippen LogP contribution in [0.4, 0.5) is 11.4 Å². The fourth-order valence-electron chi connectivity index (χ4n) is 0.959. The number of nitrogens with two attached hydrogens (primary N) is 2. The summed E-state index contributed by atoms with van der Waals surface area (Å²) >= 11 is 3.24. The van der Waals surface area contributed by atoms with Crippen molar-refractivity contribution in [2.75, 3.05) is 24.0 Å². The van der Waals surface area contributed by atoms with Gasteiger partial charge in [0.25, 0.3) is 0 Å². The number of rotatable bonds is 2. The minimum atomic E-state index is 0.776. The van der Waals surface area contributed by atoms with E-state index in [9.17, 15) is 0 Å². The van der Waals surface area contributed by atoms with Crippen LogP contribution >= 0.6 is 23.5 Å². The van der Waals surface area contributed by atoms with Gasteiger partial charge in [-0.2, -0.15) is 0 Å². The van der Waals surface area contributed by atoms with E-state index < -0.39 is 0 Å². The predicted molar refractivity (Wildman–Crippen MR) is 58.8 cm³/mol. The van der Waals surface area contributed by atoms with E-state index >= 15 is 0 Å². The highest BCUT2D eigenvalue weighted by Gasteiger charge is 2.04. The smallest absolute Gasteiger partial charge is 0.0591 e. The van der Waals surface area contributed by atoms with Crippen molar-refractivity contribution in [3.8, 4) is 0 Å². The van der Waals surface area contributed by atoms with E-state index in [-0.39, 0.29) is 0 Å². The van der Waals surface area contributed by atoms with Gasteiger partial charge in [-0.1, -0.05) is 0 Å². The first-order valence-corrected chi connectivity index (χ1v) is 5.91. The van der Waals surface area contributed by atoms with Gasteiger partial charge in [-0.25, -0.2) is 0 Å². The molecule has 1 aromatic rings. The summed E-state index contributed by atoms with van der Waals surface area (Å²) in [4.78, 5) is 2.11. The third-order valence-electron chi connectivity index (χ3n) is 1.57. The molecule has 1 rings (SSSR count). The molecule has 0 heterocycles. The summed E-state index contributed by atoms with van der Waals surface area (Å²) in [5.41, 5.74) is 13.2. The van der Waals surface area contributed by atoms with Crippen LogP contribution in [0, 0.1) is 0 Å². The first-order valence-electron chi connectivity index (χ1n) is 3.46. The van der Waals surface area contributed by atoms with Crippen molar-refractivity contribution in [1.82, 2.24) is 0 Å². The minimum Gasteiger partial charge on any atom is -0.399 e. The molecule has 12 heavy (non-hydrogen) atoms. The summed E-state index contributed by atoms with van der Waals surface area (Å²) in [6.07, 6.45) is 3.99. The van der Waals surface area contributed by atoms with Gasteiger partial charge in [-0.05, 0) is 24.6 Å². The first kappa shape index (κ1) is 9.61. The molecule has 0 amide bonds. The highest BCUT2D eigenvalue weighted by Crippen LogP contribution is 2.33. The summed E-state index contributed by atoms with van der Waals surface area (Å²) in [6.45, 7) is 0. The van der Waals surface area contributed by atoms with Crippen LogP contribution in [0.5, 0.6) is 0 Å². The monoisotopic (exact) mass is 200 g/mol. The molecule has 1 aromatic carbocycles. The zero-order valence-electron chi connectivity index (χ0n) is 7.13. The lowest BCUT2D eigenvalue weighted by Crippen LogP contribution is -1.94. The molecular formula is C8H12N2S2. The number of anilines is 2. The number of thioether (sulfide) groups is 2. The third kappa shape index (κ3) is 1.81. The molecule has 4 heteroatoms. The van der Waals surface area contributed by atoms with Gasteiger partial charge in [0.05, 0.1) is 5.69 Å². The molecule has 0 atom stereocenters. The fourth-order valence-corrected chi connectivity index (χ4v) is 2.19. The molecule has 0 aliphatic heterocycles. The Kier molecular flexibility index (Phi) is 3.17. The summed E-state index contributed by atoms with van der Waals surface area (Å²) in [5, 5.41) is 0. The minimum absolute atomic E-state index is 0.776. The highest BCUT2D eigenvalue weighted by atomic mass is 32.2. The van der Waals surface area contributed by atoms with Crippen LogP contribution in [0.1, 0.15) is 0 Å². The molecule has 66 valence electrons. The number of nitrogen functional groups attached to an aromatic ring is 2. The molecule has 2 nitrogen and oxygen atoms in total. The van der Waals surface area contributed by atoms with Crippen LogP contribution in [-0.4, -0.2) is 12.5 Å². The van der Waals surface area contributed by atoms with Gasteiger partial charge in [0.1, 0.15) is 0 Å². The Bertz CT molecular complexity index is 261. The second kappa shape index (κ2) is 3.96. The van der Waals surface area contributed by atoms with Gasteiger partial charge in [0.2, 0.25) is 0 Å². The average Bonchev–Trinajstić information content (AvgIpc) is 2.08. The lowest BCUT2D eigenvalue weighted by Gasteiger charge is -2.08. The molecule has 0 bridgehead atoms. The molecule has 0 spiro atoms. The Morgan fingerprint density at radius 2 is 1.42 bits per heavy atom. The fraction of sp³-hybridized carbons (Fsp3) is 0.250. The van der Waals surface area contributed by atoms with Crippen LogP contribution in [0.15, 0.2) is 21.9 Å². The van der Waals surface area contributed by atoms with Crippen molar-refractivity contribution < 1.29 is 0 Å². The zero-order chi connectivity index (χ0) is 9.14. The second-order valence-corrected chi connectivity index (χ2v) is 4.04. The van der Waals surface area contributed by atoms with Crippen molar-refractivity contribution in [3.05, 3.63) is 12.1 Å². The van der Waals surface area contributed by atoms with E-state index in [0.717, 1.165) is 21.2 Å². The van der Waals surface area contributed by atoms with Crippen LogP contribution in [0.3, 0.4) is 0 Å². The Morgan fingerprint density at radius 1 is 1.00 bits per heavy atom. The third-order valence-corrected chi connectivity index (χ3v) is 3.12. The number of hydrogen-bond donors (Lipinski definition) is 2. The van der Waals surface area contributed by atoms with E-state index in [2.05, 4.69) is 0 Å². The Balaban J connectivity index is 3.22. The van der Waals surface area contributed by atoms with Crippen molar-refractivity contribution in [3.63, 3.8) is 0 Å². The molecule has 0 aliphatic rings. The van der Waals surface area contributed by atoms with E-state index in [1.807, 2.05) is 24.6 Å². The Labute approximate surface area is 81.1 Å². The molecule has 0 radical (unpaired) electrons. The summed E-state index contributed by atoms with van der Waals surface area (Å²) in [5.74, 6) is 0. The molecule has 0 saturated carbocycles. The van der Waals surface area contributed by atoms with Crippen molar-refractivity contribution in [2.45, 2.75) is 9.79 Å². The van der Waals surface area contributed by atoms with E-state index in [1.165, 1.54) is 0 Å². The molecule has 0 saturated heterocycles. The summed E-state index contributed by atoms with van der Waals surface area (Å²) in [7, 11) is 0. The lowest BCUT2D eigenvalue weighted by molar-refractivity contribution is 1.35. The zero-order valence-corrected chi connectivity index (χ0v) is 8.76. The van der Waals surface area contributed by atoms with E-state index in [0.29, 0.717) is 0 Å². The largest absolute Gasteiger partial charge is 0.399 e. The summed E-state index contributed by atoms with van der Waals surface area (Å²) in [6, 6.07) is 3.80. The molecule has 0 fully saturated rings. The van der Waals surface area contributed by atoms with Crippen LogP contribution in [0.25, 0.3) is 0 Å². The highest BCUT2D eigenvalue weighted by molar-refractivity contribution is 7.99. The molecule has 0 aliphatic carbocycles. The first-order chi connectivity index (χ1) is 5.69. The number of benzene rings is 1.